The summed E-state index contributed by atoms with van der Waals surface area (Å²) >= 11 is 0. The molecule has 0 aliphatic rings. The van der Waals surface area contributed by atoms with Crippen LogP contribution in [0.15, 0.2) is 42.5 Å². The van der Waals surface area contributed by atoms with Gasteiger partial charge in [0.1, 0.15) is 11.1 Å². The highest BCUT2D eigenvalue weighted by Crippen LogP contribution is 2.28. The third kappa shape index (κ3) is 2.94. The number of carbonyl (C=O) groups is 1. The van der Waals surface area contributed by atoms with Gasteiger partial charge in [0, 0.05) is 11.1 Å². The van der Waals surface area contributed by atoms with E-state index in [-0.39, 0.29) is 28.3 Å². The van der Waals surface area contributed by atoms with Gasteiger partial charge in [0.15, 0.2) is 17.2 Å². The summed E-state index contributed by atoms with van der Waals surface area (Å²) in [6.45, 7) is 0. The molecule has 2 aromatic carbocycles. The first kappa shape index (κ1) is 15.6. The highest BCUT2D eigenvalue weighted by atomic mass is 16.4. The molecule has 4 N–H and O–H groups in total. The summed E-state index contributed by atoms with van der Waals surface area (Å²) in [4.78, 5) is 15.4. The molecular weight excluding hydrogens is 310 g/mol. The molecule has 6 heteroatoms. The first-order chi connectivity index (χ1) is 11.5. The largest absolute Gasteiger partial charge is 0.505 e. The van der Waals surface area contributed by atoms with E-state index < -0.39 is 5.97 Å². The van der Waals surface area contributed by atoms with Crippen molar-refractivity contribution in [3.05, 3.63) is 59.3 Å². The topological polar surface area (TPSA) is 111 Å². The number of fused-ring (bicyclic) bond motifs is 1. The van der Waals surface area contributed by atoms with Crippen molar-refractivity contribution in [3.8, 4) is 17.2 Å². The number of pyridine rings is 1. The van der Waals surface area contributed by atoms with E-state index in [0.29, 0.717) is 23.9 Å². The van der Waals surface area contributed by atoms with Gasteiger partial charge in [-0.2, -0.15) is 0 Å². The molecule has 0 unspecified atom stereocenters. The number of aromatic hydroxyl groups is 3. The lowest BCUT2D eigenvalue weighted by atomic mass is 10.1. The van der Waals surface area contributed by atoms with Crippen molar-refractivity contribution in [2.45, 2.75) is 12.8 Å². The van der Waals surface area contributed by atoms with Gasteiger partial charge in [-0.1, -0.05) is 18.2 Å². The number of aromatic nitrogens is 1. The standard InChI is InChI=1S/C18H15NO5/c20-14-8-2-10(9-15(14)21)1-5-12-6-3-11-4-7-13(18(23)24)17(22)16(11)19-12/h2-4,6-9,20-22H,1,5H2,(H,23,24). The van der Waals surface area contributed by atoms with Crippen LogP contribution in [-0.2, 0) is 12.8 Å². The third-order valence-corrected chi connectivity index (χ3v) is 3.83. The summed E-state index contributed by atoms with van der Waals surface area (Å²) in [7, 11) is 0. The number of aryl methyl sites for hydroxylation is 2. The minimum Gasteiger partial charge on any atom is -0.505 e. The van der Waals surface area contributed by atoms with E-state index in [1.165, 1.54) is 18.2 Å². The average molecular weight is 325 g/mol. The monoisotopic (exact) mass is 325 g/mol. The van der Waals surface area contributed by atoms with Gasteiger partial charge in [-0.3, -0.25) is 0 Å². The molecule has 0 aliphatic carbocycles. The van der Waals surface area contributed by atoms with E-state index in [2.05, 4.69) is 4.98 Å². The van der Waals surface area contributed by atoms with Gasteiger partial charge >= 0.3 is 5.97 Å². The zero-order chi connectivity index (χ0) is 17.3. The summed E-state index contributed by atoms with van der Waals surface area (Å²) in [5, 5.41) is 38.6. The van der Waals surface area contributed by atoms with Crippen LogP contribution in [-0.4, -0.2) is 31.4 Å². The predicted octanol–water partition coefficient (Wildman–Crippen LogP) is 2.84. The van der Waals surface area contributed by atoms with Crippen molar-refractivity contribution in [3.63, 3.8) is 0 Å². The Bertz CT molecular complexity index is 936. The number of rotatable bonds is 4. The van der Waals surface area contributed by atoms with Gasteiger partial charge < -0.3 is 20.4 Å². The normalized spacial score (nSPS) is 10.8. The molecule has 0 aliphatic heterocycles. The number of phenols is 3. The summed E-state index contributed by atoms with van der Waals surface area (Å²) in [6, 6.07) is 11.1. The van der Waals surface area contributed by atoms with Crippen LogP contribution in [0.2, 0.25) is 0 Å². The number of hydrogen-bond acceptors (Lipinski definition) is 5. The maximum atomic E-state index is 11.1. The van der Waals surface area contributed by atoms with E-state index in [4.69, 9.17) is 5.11 Å². The number of nitrogens with zero attached hydrogens (tertiary/aromatic N) is 1. The van der Waals surface area contributed by atoms with E-state index in [9.17, 15) is 20.1 Å². The summed E-state index contributed by atoms with van der Waals surface area (Å²) in [5.74, 6) is -1.90. The fraction of sp³-hybridized carbons (Fsp3) is 0.111. The molecule has 6 nitrogen and oxygen atoms in total. The molecule has 3 rings (SSSR count). The molecule has 122 valence electrons. The zero-order valence-electron chi connectivity index (χ0n) is 12.6. The zero-order valence-corrected chi connectivity index (χ0v) is 12.6. The van der Waals surface area contributed by atoms with E-state index in [1.54, 1.807) is 18.2 Å². The maximum Gasteiger partial charge on any atom is 0.339 e. The SMILES string of the molecule is O=C(O)c1ccc2ccc(CCc3ccc(O)c(O)c3)nc2c1O. The van der Waals surface area contributed by atoms with Crippen LogP contribution in [0.25, 0.3) is 10.9 Å². The number of hydrogen-bond donors (Lipinski definition) is 4. The smallest absolute Gasteiger partial charge is 0.339 e. The van der Waals surface area contributed by atoms with Crippen LogP contribution in [0.4, 0.5) is 0 Å². The number of carboxylic acid groups (broad SMARTS) is 1. The Hall–Kier alpha value is -3.28. The van der Waals surface area contributed by atoms with Gasteiger partial charge in [0.05, 0.1) is 0 Å². The summed E-state index contributed by atoms with van der Waals surface area (Å²) in [5.41, 5.74) is 1.58. The molecule has 0 amide bonds. The lowest BCUT2D eigenvalue weighted by Gasteiger charge is -2.07. The Morgan fingerprint density at radius 2 is 1.67 bits per heavy atom. The number of aromatic carboxylic acids is 1. The molecule has 0 spiro atoms. The molecule has 0 atom stereocenters. The quantitative estimate of drug-likeness (QED) is 0.549. The molecule has 0 fully saturated rings. The van der Waals surface area contributed by atoms with Crippen LogP contribution in [0.3, 0.4) is 0 Å². The fourth-order valence-corrected chi connectivity index (χ4v) is 2.52. The molecule has 0 bridgehead atoms. The summed E-state index contributed by atoms with van der Waals surface area (Å²) < 4.78 is 0. The van der Waals surface area contributed by atoms with E-state index in [1.807, 2.05) is 6.07 Å². The Labute approximate surface area is 137 Å². The molecule has 1 aromatic heterocycles. The van der Waals surface area contributed by atoms with Crippen molar-refractivity contribution in [2.75, 3.05) is 0 Å². The van der Waals surface area contributed by atoms with Gasteiger partial charge in [-0.25, -0.2) is 9.78 Å². The van der Waals surface area contributed by atoms with Crippen LogP contribution in [0, 0.1) is 0 Å². The molecule has 24 heavy (non-hydrogen) atoms. The minimum absolute atomic E-state index is 0.172. The van der Waals surface area contributed by atoms with E-state index in [0.717, 1.165) is 5.56 Å². The van der Waals surface area contributed by atoms with Crippen LogP contribution in [0.5, 0.6) is 17.2 Å². The van der Waals surface area contributed by atoms with Crippen molar-refractivity contribution < 1.29 is 25.2 Å². The predicted molar refractivity (Wildman–Crippen MR) is 87.5 cm³/mol. The van der Waals surface area contributed by atoms with Crippen molar-refractivity contribution in [1.82, 2.24) is 4.98 Å². The fourth-order valence-electron chi connectivity index (χ4n) is 2.52. The van der Waals surface area contributed by atoms with Crippen LogP contribution >= 0.6 is 0 Å². The molecule has 3 aromatic rings. The van der Waals surface area contributed by atoms with Crippen molar-refractivity contribution in [1.29, 1.82) is 0 Å². The molecular formula is C18H15NO5. The third-order valence-electron chi connectivity index (χ3n) is 3.83. The Kier molecular flexibility index (Phi) is 3.95. The first-order valence-corrected chi connectivity index (χ1v) is 7.31. The number of benzene rings is 2. The van der Waals surface area contributed by atoms with Crippen molar-refractivity contribution >= 4 is 16.9 Å². The lowest BCUT2D eigenvalue weighted by Crippen LogP contribution is -1.99. The second kappa shape index (κ2) is 6.08. The number of carboxylic acids is 1. The van der Waals surface area contributed by atoms with Gasteiger partial charge in [0.25, 0.3) is 0 Å². The molecule has 0 saturated carbocycles. The first-order valence-electron chi connectivity index (χ1n) is 7.31. The Morgan fingerprint density at radius 1 is 0.917 bits per heavy atom. The summed E-state index contributed by atoms with van der Waals surface area (Å²) in [6.07, 6.45) is 1.11. The van der Waals surface area contributed by atoms with Gasteiger partial charge in [-0.05, 0) is 42.7 Å². The minimum atomic E-state index is -1.21. The second-order valence-corrected chi connectivity index (χ2v) is 5.46. The van der Waals surface area contributed by atoms with Gasteiger partial charge in [0.2, 0.25) is 0 Å². The molecule has 1 heterocycles. The number of phenolic OH excluding ortho intramolecular Hbond substituents is 2. The highest BCUT2D eigenvalue weighted by Gasteiger charge is 2.14. The average Bonchev–Trinajstić information content (AvgIpc) is 2.56. The second-order valence-electron chi connectivity index (χ2n) is 5.46. The Balaban J connectivity index is 1.88. The highest BCUT2D eigenvalue weighted by molar-refractivity contribution is 5.98. The molecule has 0 radical (unpaired) electrons. The lowest BCUT2D eigenvalue weighted by molar-refractivity contribution is 0.0694. The maximum absolute atomic E-state index is 11.1. The van der Waals surface area contributed by atoms with Gasteiger partial charge in [-0.15, -0.1) is 0 Å². The molecule has 0 saturated heterocycles. The van der Waals surface area contributed by atoms with Crippen molar-refractivity contribution in [2.24, 2.45) is 0 Å². The van der Waals surface area contributed by atoms with Crippen LogP contribution < -0.4 is 0 Å². The van der Waals surface area contributed by atoms with E-state index >= 15 is 0 Å². The Morgan fingerprint density at radius 3 is 2.38 bits per heavy atom. The van der Waals surface area contributed by atoms with Crippen LogP contribution in [0.1, 0.15) is 21.6 Å².